The molecule has 0 bridgehead atoms. The molecular weight excluding hydrogens is 244 g/mol. The summed E-state index contributed by atoms with van der Waals surface area (Å²) in [5.41, 5.74) is -0.268. The number of hydrogen-bond acceptors (Lipinski definition) is 4. The lowest BCUT2D eigenvalue weighted by Gasteiger charge is -2.19. The number of aromatic nitrogens is 1. The molecule has 0 saturated carbocycles. The van der Waals surface area contributed by atoms with Crippen molar-refractivity contribution in [3.8, 4) is 5.88 Å². The van der Waals surface area contributed by atoms with Crippen molar-refractivity contribution in [1.29, 1.82) is 0 Å². The highest BCUT2D eigenvalue weighted by Gasteiger charge is 2.17. The van der Waals surface area contributed by atoms with Crippen LogP contribution in [-0.2, 0) is 0 Å². The smallest absolute Gasteiger partial charge is 0.390 e. The fraction of sp³-hybridized carbons (Fsp3) is 0.364. The summed E-state index contributed by atoms with van der Waals surface area (Å²) in [5.74, 6) is -0.103. The maximum atomic E-state index is 11.5. The monoisotopic (exact) mass is 256 g/mol. The van der Waals surface area contributed by atoms with E-state index in [1.807, 2.05) is 0 Å². The van der Waals surface area contributed by atoms with Gasteiger partial charge in [0.2, 0.25) is 5.88 Å². The lowest BCUT2D eigenvalue weighted by Crippen LogP contribution is -2.42. The molecule has 0 aromatic carbocycles. The molecule has 1 N–H and O–H groups in total. The largest absolute Gasteiger partial charge is 0.414 e. The number of nitrogens with zero attached hydrogens (tertiary/aromatic N) is 1. The van der Waals surface area contributed by atoms with Crippen molar-refractivity contribution in [3.63, 3.8) is 0 Å². The second-order valence-corrected chi connectivity index (χ2v) is 4.80. The molecule has 1 rings (SSSR count). The molecule has 0 aliphatic rings. The number of rotatable bonds is 2. The molecule has 0 aliphatic heterocycles. The van der Waals surface area contributed by atoms with E-state index in [0.29, 0.717) is 6.29 Å². The van der Waals surface area contributed by atoms with Gasteiger partial charge in [-0.05, 0) is 32.9 Å². The molecule has 1 heterocycles. The van der Waals surface area contributed by atoms with Gasteiger partial charge in [0.05, 0.1) is 5.56 Å². The van der Waals surface area contributed by atoms with Crippen LogP contribution in [0.4, 0.5) is 4.79 Å². The van der Waals surface area contributed by atoms with Crippen molar-refractivity contribution in [2.45, 2.75) is 26.3 Å². The Balaban J connectivity index is 2.84. The highest BCUT2D eigenvalue weighted by atomic mass is 35.5. The van der Waals surface area contributed by atoms with Crippen LogP contribution in [0.15, 0.2) is 12.1 Å². The number of halogens is 1. The Morgan fingerprint density at radius 2 is 2.12 bits per heavy atom. The summed E-state index contributed by atoms with van der Waals surface area (Å²) < 4.78 is 4.92. The maximum absolute atomic E-state index is 11.5. The first kappa shape index (κ1) is 13.4. The number of amides is 1. The fourth-order valence-corrected chi connectivity index (χ4v) is 1.16. The summed E-state index contributed by atoms with van der Waals surface area (Å²) in [5, 5.41) is 2.73. The molecule has 92 valence electrons. The normalized spacial score (nSPS) is 10.8. The van der Waals surface area contributed by atoms with Gasteiger partial charge in [-0.1, -0.05) is 11.6 Å². The summed E-state index contributed by atoms with van der Waals surface area (Å²) in [4.78, 5) is 26.0. The summed E-state index contributed by atoms with van der Waals surface area (Å²) in [7, 11) is 0. The van der Waals surface area contributed by atoms with Crippen molar-refractivity contribution in [2.24, 2.45) is 0 Å². The molecule has 0 radical (unpaired) electrons. The standard InChI is InChI=1S/C11H13ClN2O3/c1-11(2,3)14-10(16)17-9-7(6-15)4-5-8(12)13-9/h4-6H,1-3H3,(H,14,16). The molecule has 6 heteroatoms. The molecule has 0 atom stereocenters. The van der Waals surface area contributed by atoms with E-state index in [9.17, 15) is 9.59 Å². The molecule has 17 heavy (non-hydrogen) atoms. The van der Waals surface area contributed by atoms with Gasteiger partial charge in [-0.3, -0.25) is 4.79 Å². The topological polar surface area (TPSA) is 68.3 Å². The van der Waals surface area contributed by atoms with Crippen LogP contribution in [0.25, 0.3) is 0 Å². The van der Waals surface area contributed by atoms with E-state index in [0.717, 1.165) is 0 Å². The van der Waals surface area contributed by atoms with Crippen molar-refractivity contribution >= 4 is 24.0 Å². The Bertz CT molecular complexity index is 441. The number of carbonyl (C=O) groups excluding carboxylic acids is 2. The second-order valence-electron chi connectivity index (χ2n) is 4.41. The molecule has 0 spiro atoms. The van der Waals surface area contributed by atoms with E-state index in [2.05, 4.69) is 10.3 Å². The molecule has 0 saturated heterocycles. The molecule has 0 aliphatic carbocycles. The summed E-state index contributed by atoms with van der Waals surface area (Å²) >= 11 is 5.65. The van der Waals surface area contributed by atoms with Gasteiger partial charge in [0.1, 0.15) is 5.15 Å². The first-order chi connectivity index (χ1) is 7.81. The average Bonchev–Trinajstić information content (AvgIpc) is 2.14. The molecule has 1 aromatic heterocycles. The van der Waals surface area contributed by atoms with Crippen molar-refractivity contribution in [3.05, 3.63) is 22.8 Å². The number of nitrogens with one attached hydrogen (secondary N) is 1. The fourth-order valence-electron chi connectivity index (χ4n) is 1.02. The van der Waals surface area contributed by atoms with E-state index in [1.54, 1.807) is 20.8 Å². The van der Waals surface area contributed by atoms with Crippen molar-refractivity contribution in [1.82, 2.24) is 10.3 Å². The Labute approximate surface area is 104 Å². The lowest BCUT2D eigenvalue weighted by atomic mass is 10.1. The number of pyridine rings is 1. The van der Waals surface area contributed by atoms with Crippen LogP contribution in [0.2, 0.25) is 5.15 Å². The third kappa shape index (κ3) is 4.40. The molecule has 5 nitrogen and oxygen atoms in total. The highest BCUT2D eigenvalue weighted by Crippen LogP contribution is 2.17. The number of hydrogen-bond donors (Lipinski definition) is 1. The van der Waals surface area contributed by atoms with E-state index in [-0.39, 0.29) is 16.6 Å². The molecule has 0 fully saturated rings. The zero-order valence-corrected chi connectivity index (χ0v) is 10.5. The Kier molecular flexibility index (Phi) is 4.07. The van der Waals surface area contributed by atoms with Crippen LogP contribution in [-0.4, -0.2) is 22.9 Å². The lowest BCUT2D eigenvalue weighted by molar-refractivity contribution is 0.112. The summed E-state index contributed by atoms with van der Waals surface area (Å²) in [6.45, 7) is 5.42. The van der Waals surface area contributed by atoms with E-state index in [1.165, 1.54) is 12.1 Å². The Morgan fingerprint density at radius 3 is 2.65 bits per heavy atom. The zero-order chi connectivity index (χ0) is 13.1. The van der Waals surface area contributed by atoms with E-state index >= 15 is 0 Å². The van der Waals surface area contributed by atoms with Crippen molar-refractivity contribution < 1.29 is 14.3 Å². The Hall–Kier alpha value is -1.62. The van der Waals surface area contributed by atoms with Gasteiger partial charge in [-0.2, -0.15) is 0 Å². The minimum Gasteiger partial charge on any atom is -0.390 e. The van der Waals surface area contributed by atoms with Gasteiger partial charge in [-0.25, -0.2) is 9.78 Å². The van der Waals surface area contributed by atoms with Crippen LogP contribution in [0, 0.1) is 0 Å². The SMILES string of the molecule is CC(C)(C)NC(=O)Oc1nc(Cl)ccc1C=O. The van der Waals surface area contributed by atoms with Gasteiger partial charge >= 0.3 is 6.09 Å². The summed E-state index contributed by atoms with van der Waals surface area (Å²) in [6.07, 6.45) is -0.140. The highest BCUT2D eigenvalue weighted by molar-refractivity contribution is 6.29. The average molecular weight is 257 g/mol. The van der Waals surface area contributed by atoms with Gasteiger partial charge in [0.15, 0.2) is 6.29 Å². The molecule has 1 aromatic rings. The van der Waals surface area contributed by atoms with Gasteiger partial charge < -0.3 is 10.1 Å². The molecule has 0 unspecified atom stereocenters. The number of ether oxygens (including phenoxy) is 1. The minimum atomic E-state index is -0.685. The van der Waals surface area contributed by atoms with Crippen LogP contribution in [0.3, 0.4) is 0 Å². The van der Waals surface area contributed by atoms with Gasteiger partial charge in [0.25, 0.3) is 0 Å². The Morgan fingerprint density at radius 1 is 1.47 bits per heavy atom. The van der Waals surface area contributed by atoms with E-state index < -0.39 is 11.6 Å². The molecule has 1 amide bonds. The quantitative estimate of drug-likeness (QED) is 0.652. The molecular formula is C11H13ClN2O3. The van der Waals surface area contributed by atoms with Crippen molar-refractivity contribution in [2.75, 3.05) is 0 Å². The number of carbonyl (C=O) groups is 2. The minimum absolute atomic E-state index is 0.103. The van der Waals surface area contributed by atoms with Crippen LogP contribution in [0.5, 0.6) is 5.88 Å². The first-order valence-corrected chi connectivity index (χ1v) is 5.31. The third-order valence-corrected chi connectivity index (χ3v) is 1.86. The van der Waals surface area contributed by atoms with Crippen LogP contribution in [0.1, 0.15) is 31.1 Å². The first-order valence-electron chi connectivity index (χ1n) is 4.93. The van der Waals surface area contributed by atoms with Gasteiger partial charge in [0, 0.05) is 5.54 Å². The maximum Gasteiger partial charge on any atom is 0.414 e. The second kappa shape index (κ2) is 5.14. The predicted octanol–water partition coefficient (Wildman–Crippen LogP) is 2.43. The van der Waals surface area contributed by atoms with E-state index in [4.69, 9.17) is 16.3 Å². The van der Waals surface area contributed by atoms with Crippen LogP contribution < -0.4 is 10.1 Å². The number of aldehydes is 1. The third-order valence-electron chi connectivity index (χ3n) is 1.65. The predicted molar refractivity (Wildman–Crippen MR) is 63.5 cm³/mol. The van der Waals surface area contributed by atoms with Gasteiger partial charge in [-0.15, -0.1) is 0 Å². The zero-order valence-electron chi connectivity index (χ0n) is 9.78. The van der Waals surface area contributed by atoms with Crippen LogP contribution >= 0.6 is 11.6 Å². The summed E-state index contributed by atoms with van der Waals surface area (Å²) in [6, 6.07) is 2.88.